The van der Waals surface area contributed by atoms with E-state index in [-0.39, 0.29) is 11.3 Å². The summed E-state index contributed by atoms with van der Waals surface area (Å²) in [6, 6.07) is 6.81. The second-order valence-electron chi connectivity index (χ2n) is 3.83. The second-order valence-corrected chi connectivity index (χ2v) is 6.02. The summed E-state index contributed by atoms with van der Waals surface area (Å²) in [5, 5.41) is 15.5. The molecule has 0 aliphatic rings. The fourth-order valence-electron chi connectivity index (χ4n) is 1.42. The maximum Gasteiger partial charge on any atom is 0.275 e. The van der Waals surface area contributed by atoms with Gasteiger partial charge in [-0.2, -0.15) is 5.10 Å². The van der Waals surface area contributed by atoms with Crippen molar-refractivity contribution in [3.05, 3.63) is 49.2 Å². The Hall–Kier alpha value is -1.41. The number of rotatable bonds is 3. The number of carbonyl (C=O) groups excluding carboxylic acids is 1. The number of nitrogens with one attached hydrogen (secondary N) is 1. The minimum atomic E-state index is -0.429. The number of benzene rings is 1. The topological polar surface area (TPSA) is 61.7 Å². The van der Waals surface area contributed by atoms with Crippen molar-refractivity contribution in [3.63, 3.8) is 0 Å². The van der Waals surface area contributed by atoms with Gasteiger partial charge in [0.2, 0.25) is 0 Å². The quantitative estimate of drug-likeness (QED) is 0.484. The first-order chi connectivity index (χ1) is 9.08. The highest BCUT2D eigenvalue weighted by Crippen LogP contribution is 2.19. The van der Waals surface area contributed by atoms with Gasteiger partial charge in [-0.15, -0.1) is 11.3 Å². The molecule has 0 spiro atoms. The minimum Gasteiger partial charge on any atom is -0.507 e. The highest BCUT2D eigenvalue weighted by atomic mass is 127. The van der Waals surface area contributed by atoms with E-state index in [0.29, 0.717) is 0 Å². The third kappa shape index (κ3) is 3.54. The van der Waals surface area contributed by atoms with Crippen molar-refractivity contribution in [1.82, 2.24) is 5.43 Å². The van der Waals surface area contributed by atoms with E-state index in [0.717, 1.165) is 14.0 Å². The van der Waals surface area contributed by atoms with E-state index in [4.69, 9.17) is 0 Å². The van der Waals surface area contributed by atoms with Crippen molar-refractivity contribution < 1.29 is 9.90 Å². The zero-order valence-corrected chi connectivity index (χ0v) is 13.0. The van der Waals surface area contributed by atoms with Gasteiger partial charge in [0.1, 0.15) is 5.75 Å². The number of aryl methyl sites for hydroxylation is 1. The molecule has 98 valence electrons. The summed E-state index contributed by atoms with van der Waals surface area (Å²) in [6.07, 6.45) is 1.60. The van der Waals surface area contributed by atoms with E-state index in [1.54, 1.807) is 29.7 Å². The number of thiophene rings is 1. The standard InChI is InChI=1S/C13H11IN2O2S/c1-8-4-5-19-12(8)7-15-16-13(18)10-6-9(14)2-3-11(10)17/h2-7,17H,1H3,(H,16,18)/b15-7+. The lowest BCUT2D eigenvalue weighted by Gasteiger charge is -2.03. The number of halogens is 1. The SMILES string of the molecule is Cc1ccsc1/C=N/NC(=O)c1cc(I)ccc1O. The molecule has 19 heavy (non-hydrogen) atoms. The highest BCUT2D eigenvalue weighted by Gasteiger charge is 2.10. The molecule has 0 radical (unpaired) electrons. The number of hydrogen-bond donors (Lipinski definition) is 2. The van der Waals surface area contributed by atoms with Crippen molar-refractivity contribution in [2.24, 2.45) is 5.10 Å². The van der Waals surface area contributed by atoms with Gasteiger partial charge in [0.25, 0.3) is 5.91 Å². The Balaban J connectivity index is 2.08. The van der Waals surface area contributed by atoms with Crippen LogP contribution in [-0.2, 0) is 0 Å². The van der Waals surface area contributed by atoms with Crippen molar-refractivity contribution in [2.45, 2.75) is 6.92 Å². The summed E-state index contributed by atoms with van der Waals surface area (Å²) >= 11 is 3.63. The van der Waals surface area contributed by atoms with Crippen LogP contribution in [0.4, 0.5) is 0 Å². The fourth-order valence-corrected chi connectivity index (χ4v) is 2.69. The van der Waals surface area contributed by atoms with E-state index in [1.165, 1.54) is 6.07 Å². The molecular weight excluding hydrogens is 375 g/mol. The van der Waals surface area contributed by atoms with Crippen LogP contribution in [0.15, 0.2) is 34.7 Å². The van der Waals surface area contributed by atoms with Crippen LogP contribution in [0.5, 0.6) is 5.75 Å². The summed E-state index contributed by atoms with van der Waals surface area (Å²) < 4.78 is 0.874. The molecule has 1 aromatic heterocycles. The normalized spacial score (nSPS) is 10.8. The summed E-state index contributed by atoms with van der Waals surface area (Å²) in [6.45, 7) is 1.98. The number of aromatic hydroxyl groups is 1. The summed E-state index contributed by atoms with van der Waals surface area (Å²) in [7, 11) is 0. The van der Waals surface area contributed by atoms with E-state index >= 15 is 0 Å². The lowest BCUT2D eigenvalue weighted by molar-refractivity contribution is 0.0952. The first-order valence-electron chi connectivity index (χ1n) is 5.44. The van der Waals surface area contributed by atoms with Crippen LogP contribution in [0.2, 0.25) is 0 Å². The predicted octanol–water partition coefficient (Wildman–Crippen LogP) is 3.13. The number of phenolic OH excluding ortho intramolecular Hbond substituents is 1. The predicted molar refractivity (Wildman–Crippen MR) is 84.9 cm³/mol. The van der Waals surface area contributed by atoms with E-state index < -0.39 is 5.91 Å². The Bertz CT molecular complexity index is 637. The Morgan fingerprint density at radius 1 is 1.47 bits per heavy atom. The van der Waals surface area contributed by atoms with Gasteiger partial charge in [-0.3, -0.25) is 4.79 Å². The molecule has 1 heterocycles. The summed E-state index contributed by atoms with van der Waals surface area (Å²) in [5.74, 6) is -0.484. The average Bonchev–Trinajstić information content (AvgIpc) is 2.78. The first-order valence-corrected chi connectivity index (χ1v) is 7.40. The van der Waals surface area contributed by atoms with Crippen LogP contribution in [0.1, 0.15) is 20.8 Å². The van der Waals surface area contributed by atoms with Crippen LogP contribution < -0.4 is 5.43 Å². The molecular formula is C13H11IN2O2S. The summed E-state index contributed by atoms with van der Waals surface area (Å²) in [5.41, 5.74) is 3.73. The molecule has 0 unspecified atom stereocenters. The van der Waals surface area contributed by atoms with Gasteiger partial charge >= 0.3 is 0 Å². The minimum absolute atomic E-state index is 0.0552. The fraction of sp³-hybridized carbons (Fsp3) is 0.0769. The molecule has 1 aromatic carbocycles. The second kappa shape index (κ2) is 6.16. The third-order valence-electron chi connectivity index (χ3n) is 2.45. The van der Waals surface area contributed by atoms with Gasteiger partial charge in [0.05, 0.1) is 11.8 Å². The molecule has 4 nitrogen and oxygen atoms in total. The van der Waals surface area contributed by atoms with Crippen molar-refractivity contribution in [1.29, 1.82) is 0 Å². The van der Waals surface area contributed by atoms with Crippen molar-refractivity contribution in [2.75, 3.05) is 0 Å². The summed E-state index contributed by atoms with van der Waals surface area (Å²) in [4.78, 5) is 12.8. The van der Waals surface area contributed by atoms with Crippen LogP contribution in [0, 0.1) is 10.5 Å². The number of carbonyl (C=O) groups is 1. The van der Waals surface area contributed by atoms with Gasteiger partial charge in [-0.05, 0) is 64.7 Å². The largest absolute Gasteiger partial charge is 0.507 e. The Labute approximate surface area is 128 Å². The molecule has 1 amide bonds. The lowest BCUT2D eigenvalue weighted by Crippen LogP contribution is -2.17. The number of amides is 1. The smallest absolute Gasteiger partial charge is 0.275 e. The van der Waals surface area contributed by atoms with Crippen LogP contribution in [-0.4, -0.2) is 17.2 Å². The highest BCUT2D eigenvalue weighted by molar-refractivity contribution is 14.1. The molecule has 2 aromatic rings. The van der Waals surface area contributed by atoms with E-state index in [2.05, 4.69) is 33.1 Å². The molecule has 0 saturated carbocycles. The van der Waals surface area contributed by atoms with Gasteiger partial charge < -0.3 is 5.11 Å². The van der Waals surface area contributed by atoms with Crippen LogP contribution in [0.25, 0.3) is 0 Å². The average molecular weight is 386 g/mol. The Morgan fingerprint density at radius 2 is 2.26 bits per heavy atom. The molecule has 0 atom stereocenters. The van der Waals surface area contributed by atoms with Gasteiger partial charge in [-0.1, -0.05) is 0 Å². The third-order valence-corrected chi connectivity index (χ3v) is 4.08. The lowest BCUT2D eigenvalue weighted by atomic mass is 10.2. The van der Waals surface area contributed by atoms with Crippen molar-refractivity contribution >= 4 is 46.0 Å². The van der Waals surface area contributed by atoms with Gasteiger partial charge in [0.15, 0.2) is 0 Å². The van der Waals surface area contributed by atoms with Crippen LogP contribution >= 0.6 is 33.9 Å². The molecule has 0 saturated heterocycles. The molecule has 2 N–H and O–H groups in total. The van der Waals surface area contributed by atoms with Crippen LogP contribution in [0.3, 0.4) is 0 Å². The molecule has 0 aliphatic heterocycles. The van der Waals surface area contributed by atoms with E-state index in [9.17, 15) is 9.90 Å². The van der Waals surface area contributed by atoms with Gasteiger partial charge in [0, 0.05) is 8.45 Å². The zero-order chi connectivity index (χ0) is 13.8. The first kappa shape index (κ1) is 14.0. The Morgan fingerprint density at radius 3 is 2.95 bits per heavy atom. The molecule has 0 fully saturated rings. The molecule has 6 heteroatoms. The maximum absolute atomic E-state index is 11.8. The number of phenols is 1. The molecule has 0 aliphatic carbocycles. The molecule has 0 bridgehead atoms. The monoisotopic (exact) mass is 386 g/mol. The molecule has 2 rings (SSSR count). The Kier molecular flexibility index (Phi) is 4.54. The van der Waals surface area contributed by atoms with E-state index in [1.807, 2.05) is 18.4 Å². The maximum atomic E-state index is 11.8. The van der Waals surface area contributed by atoms with Gasteiger partial charge in [-0.25, -0.2) is 5.43 Å². The van der Waals surface area contributed by atoms with Crippen molar-refractivity contribution in [3.8, 4) is 5.75 Å². The number of hydrogen-bond acceptors (Lipinski definition) is 4. The number of hydrazone groups is 1. The zero-order valence-electron chi connectivity index (χ0n) is 10.1. The number of nitrogens with zero attached hydrogens (tertiary/aromatic N) is 1.